The maximum Gasteiger partial charge on any atom is 0.224 e. The molecular formula is C17H18N4O. The molecule has 0 spiro atoms. The van der Waals surface area contributed by atoms with E-state index in [0.29, 0.717) is 5.95 Å². The van der Waals surface area contributed by atoms with Crippen molar-refractivity contribution < 1.29 is 4.74 Å². The molecular weight excluding hydrogens is 276 g/mol. The van der Waals surface area contributed by atoms with Crippen molar-refractivity contribution in [2.45, 2.75) is 6.92 Å². The molecule has 3 rings (SSSR count). The number of aromatic nitrogens is 2. The van der Waals surface area contributed by atoms with Crippen LogP contribution in [0.2, 0.25) is 0 Å². The minimum Gasteiger partial charge on any atom is -0.497 e. The Morgan fingerprint density at radius 1 is 1.14 bits per heavy atom. The van der Waals surface area contributed by atoms with Gasteiger partial charge in [0.15, 0.2) is 0 Å². The molecule has 5 nitrogen and oxygen atoms in total. The molecule has 5 heteroatoms. The summed E-state index contributed by atoms with van der Waals surface area (Å²) in [7, 11) is 3.62. The number of rotatable bonds is 4. The topological polar surface area (TPSA) is 51.4 Å². The lowest BCUT2D eigenvalue weighted by molar-refractivity contribution is 0.415. The second-order valence-corrected chi connectivity index (χ2v) is 5.02. The van der Waals surface area contributed by atoms with Gasteiger partial charge in [0, 0.05) is 7.05 Å². The number of aryl methyl sites for hydroxylation is 1. The molecule has 22 heavy (non-hydrogen) atoms. The van der Waals surface area contributed by atoms with E-state index >= 15 is 0 Å². The largest absolute Gasteiger partial charge is 0.497 e. The number of hydrazone groups is 1. The van der Waals surface area contributed by atoms with Gasteiger partial charge in [0.2, 0.25) is 5.95 Å². The molecule has 1 heterocycles. The average molecular weight is 294 g/mol. The molecule has 0 unspecified atom stereocenters. The molecule has 112 valence electrons. The van der Waals surface area contributed by atoms with E-state index in [2.05, 4.69) is 15.5 Å². The van der Waals surface area contributed by atoms with Crippen LogP contribution in [-0.2, 0) is 7.05 Å². The van der Waals surface area contributed by atoms with E-state index < -0.39 is 0 Å². The molecule has 0 saturated carbocycles. The Balaban J connectivity index is 1.83. The van der Waals surface area contributed by atoms with Crippen molar-refractivity contribution >= 4 is 22.7 Å². The fourth-order valence-corrected chi connectivity index (χ4v) is 2.28. The van der Waals surface area contributed by atoms with Gasteiger partial charge in [-0.15, -0.1) is 0 Å². The Morgan fingerprint density at radius 2 is 1.86 bits per heavy atom. The summed E-state index contributed by atoms with van der Waals surface area (Å²) < 4.78 is 7.15. The van der Waals surface area contributed by atoms with Gasteiger partial charge >= 0.3 is 0 Å². The lowest BCUT2D eigenvalue weighted by Crippen LogP contribution is -2.03. The van der Waals surface area contributed by atoms with Crippen LogP contribution in [0.4, 0.5) is 5.95 Å². The summed E-state index contributed by atoms with van der Waals surface area (Å²) in [6.45, 7) is 1.96. The standard InChI is InChI=1S/C17H18N4O/c1-12(13-8-10-14(22-3)11-9-13)19-20-17-18-15-6-4-5-7-16(15)21(17)2/h4-11H,1-3H3,(H,18,20)/b19-12+. The fraction of sp³-hybridized carbons (Fsp3) is 0.176. The van der Waals surface area contributed by atoms with Gasteiger partial charge < -0.3 is 9.30 Å². The van der Waals surface area contributed by atoms with Crippen LogP contribution in [0.5, 0.6) is 5.75 Å². The summed E-state index contributed by atoms with van der Waals surface area (Å²) in [6.07, 6.45) is 0. The van der Waals surface area contributed by atoms with Crippen molar-refractivity contribution in [1.29, 1.82) is 0 Å². The Hall–Kier alpha value is -2.82. The van der Waals surface area contributed by atoms with E-state index in [1.54, 1.807) is 7.11 Å². The number of hydrogen-bond donors (Lipinski definition) is 1. The quantitative estimate of drug-likeness (QED) is 0.592. The number of fused-ring (bicyclic) bond motifs is 1. The highest BCUT2D eigenvalue weighted by Crippen LogP contribution is 2.18. The summed E-state index contributed by atoms with van der Waals surface area (Å²) >= 11 is 0. The third-order valence-corrected chi connectivity index (χ3v) is 3.62. The van der Waals surface area contributed by atoms with E-state index in [1.807, 2.05) is 67.1 Å². The van der Waals surface area contributed by atoms with Crippen molar-refractivity contribution in [2.75, 3.05) is 12.5 Å². The number of imidazole rings is 1. The Morgan fingerprint density at radius 3 is 2.55 bits per heavy atom. The van der Waals surface area contributed by atoms with Crippen molar-refractivity contribution in [3.05, 3.63) is 54.1 Å². The molecule has 0 saturated heterocycles. The van der Waals surface area contributed by atoms with Gasteiger partial charge in [-0.05, 0) is 48.9 Å². The normalized spacial score (nSPS) is 11.7. The van der Waals surface area contributed by atoms with E-state index in [1.165, 1.54) is 0 Å². The van der Waals surface area contributed by atoms with E-state index in [9.17, 15) is 0 Å². The highest BCUT2D eigenvalue weighted by atomic mass is 16.5. The van der Waals surface area contributed by atoms with Gasteiger partial charge in [-0.1, -0.05) is 12.1 Å². The van der Waals surface area contributed by atoms with Crippen molar-refractivity contribution in [3.8, 4) is 5.75 Å². The van der Waals surface area contributed by atoms with E-state index in [0.717, 1.165) is 28.1 Å². The molecule has 0 amide bonds. The first-order valence-electron chi connectivity index (χ1n) is 7.05. The van der Waals surface area contributed by atoms with Gasteiger partial charge in [0.25, 0.3) is 0 Å². The number of para-hydroxylation sites is 2. The zero-order chi connectivity index (χ0) is 15.5. The predicted molar refractivity (Wildman–Crippen MR) is 89.5 cm³/mol. The SMILES string of the molecule is COc1ccc(/C(C)=N/Nc2nc3ccccc3n2C)cc1. The second kappa shape index (κ2) is 5.89. The average Bonchev–Trinajstić information content (AvgIpc) is 2.89. The van der Waals surface area contributed by atoms with Crippen LogP contribution in [0.15, 0.2) is 53.6 Å². The van der Waals surface area contributed by atoms with Gasteiger partial charge in [0.1, 0.15) is 5.75 Å². The number of hydrogen-bond acceptors (Lipinski definition) is 4. The van der Waals surface area contributed by atoms with Crippen molar-refractivity contribution in [2.24, 2.45) is 12.1 Å². The first kappa shape index (κ1) is 14.1. The molecule has 3 aromatic rings. The highest BCUT2D eigenvalue weighted by molar-refractivity contribution is 5.99. The van der Waals surface area contributed by atoms with Crippen molar-refractivity contribution in [3.63, 3.8) is 0 Å². The van der Waals surface area contributed by atoms with E-state index in [4.69, 9.17) is 4.74 Å². The third-order valence-electron chi connectivity index (χ3n) is 3.62. The molecule has 0 aliphatic carbocycles. The summed E-state index contributed by atoms with van der Waals surface area (Å²) in [5.74, 6) is 1.55. The van der Waals surface area contributed by atoms with Gasteiger partial charge in [-0.2, -0.15) is 5.10 Å². The molecule has 0 radical (unpaired) electrons. The minimum atomic E-state index is 0.717. The van der Waals surface area contributed by atoms with Crippen LogP contribution in [0.3, 0.4) is 0 Å². The summed E-state index contributed by atoms with van der Waals surface area (Å²) in [5.41, 5.74) is 6.98. The fourth-order valence-electron chi connectivity index (χ4n) is 2.28. The van der Waals surface area contributed by atoms with Gasteiger partial charge in [-0.25, -0.2) is 10.4 Å². The zero-order valence-corrected chi connectivity index (χ0v) is 12.9. The summed E-state index contributed by atoms with van der Waals surface area (Å²) in [6, 6.07) is 15.8. The number of benzene rings is 2. The van der Waals surface area contributed by atoms with Crippen molar-refractivity contribution in [1.82, 2.24) is 9.55 Å². The second-order valence-electron chi connectivity index (χ2n) is 5.02. The van der Waals surface area contributed by atoms with Crippen LogP contribution >= 0.6 is 0 Å². The van der Waals surface area contributed by atoms with Crippen LogP contribution in [0.1, 0.15) is 12.5 Å². The number of ether oxygens (including phenoxy) is 1. The maximum atomic E-state index is 5.16. The zero-order valence-electron chi connectivity index (χ0n) is 12.9. The molecule has 0 fully saturated rings. The summed E-state index contributed by atoms with van der Waals surface area (Å²) in [4.78, 5) is 4.53. The van der Waals surface area contributed by atoms with Gasteiger partial charge in [-0.3, -0.25) is 0 Å². The first-order chi connectivity index (χ1) is 10.7. The third kappa shape index (κ3) is 2.65. The van der Waals surface area contributed by atoms with Crippen LogP contribution in [-0.4, -0.2) is 22.4 Å². The first-order valence-corrected chi connectivity index (χ1v) is 7.05. The number of nitrogens with zero attached hydrogens (tertiary/aromatic N) is 3. The van der Waals surface area contributed by atoms with E-state index in [-0.39, 0.29) is 0 Å². The Labute approximate surface area is 129 Å². The molecule has 0 atom stereocenters. The monoisotopic (exact) mass is 294 g/mol. The Bertz CT molecular complexity index is 818. The smallest absolute Gasteiger partial charge is 0.224 e. The molecule has 0 bridgehead atoms. The molecule has 2 aromatic carbocycles. The predicted octanol–water partition coefficient (Wildman–Crippen LogP) is 3.42. The lowest BCUT2D eigenvalue weighted by atomic mass is 10.1. The van der Waals surface area contributed by atoms with Crippen LogP contribution < -0.4 is 10.2 Å². The molecule has 1 aromatic heterocycles. The Kier molecular flexibility index (Phi) is 3.78. The van der Waals surface area contributed by atoms with Crippen LogP contribution in [0.25, 0.3) is 11.0 Å². The molecule has 1 N–H and O–H groups in total. The maximum absolute atomic E-state index is 5.16. The van der Waals surface area contributed by atoms with Crippen LogP contribution in [0, 0.1) is 0 Å². The number of methoxy groups -OCH3 is 1. The minimum absolute atomic E-state index is 0.717. The lowest BCUT2D eigenvalue weighted by Gasteiger charge is -2.05. The summed E-state index contributed by atoms with van der Waals surface area (Å²) in [5, 5.41) is 4.42. The number of anilines is 1. The number of nitrogens with one attached hydrogen (secondary N) is 1. The molecule has 0 aliphatic heterocycles. The molecule has 0 aliphatic rings. The van der Waals surface area contributed by atoms with Gasteiger partial charge in [0.05, 0.1) is 23.9 Å². The highest BCUT2D eigenvalue weighted by Gasteiger charge is 2.06.